The maximum Gasteiger partial charge on any atom is 0.250 e. The van der Waals surface area contributed by atoms with Crippen molar-refractivity contribution in [2.24, 2.45) is 4.99 Å². The average molecular weight is 563 g/mol. The molecule has 0 N–H and O–H groups in total. The van der Waals surface area contributed by atoms with Gasteiger partial charge in [-0.15, -0.1) is 0 Å². The van der Waals surface area contributed by atoms with Gasteiger partial charge in [0.1, 0.15) is 23.7 Å². The zero-order valence-electron chi connectivity index (χ0n) is 22.2. The van der Waals surface area contributed by atoms with E-state index in [9.17, 15) is 4.79 Å². The Balaban J connectivity index is 1.76. The van der Waals surface area contributed by atoms with Crippen LogP contribution in [-0.4, -0.2) is 18.2 Å². The summed E-state index contributed by atoms with van der Waals surface area (Å²) in [6.07, 6.45) is 0. The standard InChI is InChI=1S/C35H25ClF2N2O/c1-23-20-21-29-32(33(23)36)34(31-27(37)18-11-19-28(31)38)39-22-30(41)40(29)35(24-12-5-2-6-13-24,25-14-7-3-8-15-25)26-16-9-4-10-17-26/h2-21H,22H2,1H3. The van der Waals surface area contributed by atoms with Crippen molar-refractivity contribution in [1.29, 1.82) is 0 Å². The molecule has 5 aromatic rings. The minimum atomic E-state index is -1.17. The molecule has 6 heteroatoms. The lowest BCUT2D eigenvalue weighted by molar-refractivity contribution is -0.118. The van der Waals surface area contributed by atoms with E-state index in [-0.39, 0.29) is 28.7 Å². The lowest BCUT2D eigenvalue weighted by Crippen LogP contribution is -2.52. The quantitative estimate of drug-likeness (QED) is 0.199. The molecule has 0 unspecified atom stereocenters. The molecule has 41 heavy (non-hydrogen) atoms. The van der Waals surface area contributed by atoms with Crippen LogP contribution in [-0.2, 0) is 10.3 Å². The molecular weight excluding hydrogens is 538 g/mol. The van der Waals surface area contributed by atoms with Crippen molar-refractivity contribution < 1.29 is 13.6 Å². The first-order valence-corrected chi connectivity index (χ1v) is 13.6. The molecule has 0 saturated carbocycles. The fourth-order valence-electron chi connectivity index (χ4n) is 5.73. The second-order valence-corrected chi connectivity index (χ2v) is 10.3. The molecule has 1 aliphatic heterocycles. The van der Waals surface area contributed by atoms with Crippen LogP contribution in [0.4, 0.5) is 14.5 Å². The van der Waals surface area contributed by atoms with E-state index < -0.39 is 17.2 Å². The summed E-state index contributed by atoms with van der Waals surface area (Å²) < 4.78 is 30.5. The number of carbonyl (C=O) groups is 1. The third-order valence-electron chi connectivity index (χ3n) is 7.52. The van der Waals surface area contributed by atoms with Crippen LogP contribution in [0.5, 0.6) is 0 Å². The molecule has 0 aliphatic carbocycles. The number of carbonyl (C=O) groups excluding carboxylic acids is 1. The van der Waals surface area contributed by atoms with E-state index in [0.717, 1.165) is 16.7 Å². The number of fused-ring (bicyclic) bond motifs is 1. The van der Waals surface area contributed by atoms with Gasteiger partial charge in [-0.2, -0.15) is 0 Å². The van der Waals surface area contributed by atoms with Crippen molar-refractivity contribution in [3.05, 3.63) is 171 Å². The number of hydrogen-bond donors (Lipinski definition) is 0. The van der Waals surface area contributed by atoms with Gasteiger partial charge in [0.15, 0.2) is 0 Å². The van der Waals surface area contributed by atoms with Crippen LogP contribution in [0.2, 0.25) is 5.02 Å². The first-order chi connectivity index (χ1) is 19.9. The van der Waals surface area contributed by atoms with Gasteiger partial charge in [0.25, 0.3) is 0 Å². The van der Waals surface area contributed by atoms with Gasteiger partial charge in [-0.05, 0) is 47.4 Å². The number of benzene rings is 5. The van der Waals surface area contributed by atoms with Gasteiger partial charge in [0.05, 0.1) is 22.0 Å². The molecule has 202 valence electrons. The van der Waals surface area contributed by atoms with Crippen molar-refractivity contribution in [3.8, 4) is 0 Å². The van der Waals surface area contributed by atoms with Crippen LogP contribution in [0, 0.1) is 18.6 Å². The lowest BCUT2D eigenvalue weighted by Gasteiger charge is -2.45. The highest BCUT2D eigenvalue weighted by atomic mass is 35.5. The van der Waals surface area contributed by atoms with Crippen LogP contribution < -0.4 is 4.90 Å². The second kappa shape index (κ2) is 10.8. The van der Waals surface area contributed by atoms with Crippen molar-refractivity contribution in [1.82, 2.24) is 0 Å². The number of aryl methyl sites for hydroxylation is 1. The SMILES string of the molecule is Cc1ccc2c(c1Cl)C(c1c(F)cccc1F)=NCC(=O)N2C(c1ccccc1)(c1ccccc1)c1ccccc1. The number of benzodiazepines with no additional fused rings is 1. The van der Waals surface area contributed by atoms with Crippen LogP contribution in [0.3, 0.4) is 0 Å². The number of hydrogen-bond acceptors (Lipinski definition) is 2. The van der Waals surface area contributed by atoms with Crippen molar-refractivity contribution in [3.63, 3.8) is 0 Å². The van der Waals surface area contributed by atoms with Crippen LogP contribution >= 0.6 is 11.6 Å². The Morgan fingerprint density at radius 3 is 1.66 bits per heavy atom. The molecule has 5 aromatic carbocycles. The summed E-state index contributed by atoms with van der Waals surface area (Å²) >= 11 is 6.97. The summed E-state index contributed by atoms with van der Waals surface area (Å²) in [5, 5.41) is 0.270. The van der Waals surface area contributed by atoms with Crippen LogP contribution in [0.1, 0.15) is 33.4 Å². The predicted molar refractivity (Wildman–Crippen MR) is 160 cm³/mol. The molecule has 0 atom stereocenters. The highest BCUT2D eigenvalue weighted by molar-refractivity contribution is 6.38. The molecule has 0 spiro atoms. The first kappa shape index (κ1) is 26.6. The van der Waals surface area contributed by atoms with Gasteiger partial charge in [-0.25, -0.2) is 8.78 Å². The number of amides is 1. The molecule has 0 aromatic heterocycles. The zero-order valence-corrected chi connectivity index (χ0v) is 22.9. The van der Waals surface area contributed by atoms with E-state index in [4.69, 9.17) is 11.6 Å². The van der Waals surface area contributed by atoms with Crippen molar-refractivity contribution >= 4 is 28.9 Å². The van der Waals surface area contributed by atoms with E-state index in [2.05, 4.69) is 4.99 Å². The Hall–Kier alpha value is -4.61. The topological polar surface area (TPSA) is 32.7 Å². The van der Waals surface area contributed by atoms with Gasteiger partial charge in [-0.1, -0.05) is 115 Å². The number of nitrogens with zero attached hydrogens (tertiary/aromatic N) is 2. The van der Waals surface area contributed by atoms with Gasteiger partial charge >= 0.3 is 0 Å². The van der Waals surface area contributed by atoms with E-state index in [1.165, 1.54) is 18.2 Å². The molecule has 0 radical (unpaired) electrons. The molecule has 1 heterocycles. The van der Waals surface area contributed by atoms with E-state index in [1.54, 1.807) is 11.0 Å². The highest BCUT2D eigenvalue weighted by Crippen LogP contribution is 2.48. The van der Waals surface area contributed by atoms with Crippen LogP contribution in [0.25, 0.3) is 0 Å². The Bertz CT molecular complexity index is 1660. The average Bonchev–Trinajstić information content (AvgIpc) is 3.14. The Morgan fingerprint density at radius 1 is 0.683 bits per heavy atom. The Morgan fingerprint density at radius 2 is 1.17 bits per heavy atom. The van der Waals surface area contributed by atoms with Gasteiger partial charge < -0.3 is 0 Å². The molecule has 6 rings (SSSR count). The predicted octanol–water partition coefficient (Wildman–Crippen LogP) is 8.10. The number of rotatable bonds is 5. The normalized spacial score (nSPS) is 13.4. The number of halogens is 3. The maximum atomic E-state index is 15.3. The summed E-state index contributed by atoms with van der Waals surface area (Å²) in [6, 6.07) is 36.5. The molecular formula is C35H25ClF2N2O. The van der Waals surface area contributed by atoms with E-state index in [1.807, 2.05) is 104 Å². The second-order valence-electron chi connectivity index (χ2n) is 9.89. The highest BCUT2D eigenvalue weighted by Gasteiger charge is 2.47. The zero-order chi connectivity index (χ0) is 28.6. The summed E-state index contributed by atoms with van der Waals surface area (Å²) in [4.78, 5) is 20.7. The summed E-state index contributed by atoms with van der Waals surface area (Å²) in [5.41, 5.74) is 2.39. The minimum Gasteiger partial charge on any atom is -0.292 e. The number of anilines is 1. The van der Waals surface area contributed by atoms with E-state index in [0.29, 0.717) is 16.8 Å². The minimum absolute atomic E-state index is 0.00300. The third kappa shape index (κ3) is 4.34. The molecule has 1 amide bonds. The third-order valence-corrected chi connectivity index (χ3v) is 8.01. The molecule has 0 saturated heterocycles. The monoisotopic (exact) mass is 562 g/mol. The van der Waals surface area contributed by atoms with Gasteiger partial charge in [0, 0.05) is 5.56 Å². The molecule has 3 nitrogen and oxygen atoms in total. The molecule has 0 fully saturated rings. The Kier molecular flexibility index (Phi) is 6.98. The largest absolute Gasteiger partial charge is 0.292 e. The fraction of sp³-hybridized carbons (Fsp3) is 0.0857. The fourth-order valence-corrected chi connectivity index (χ4v) is 5.98. The molecule has 1 aliphatic rings. The summed E-state index contributed by atoms with van der Waals surface area (Å²) in [6.45, 7) is 1.47. The summed E-state index contributed by atoms with van der Waals surface area (Å²) in [5.74, 6) is -1.92. The first-order valence-electron chi connectivity index (χ1n) is 13.2. The number of aliphatic imine (C=N–C) groups is 1. The van der Waals surface area contributed by atoms with Gasteiger partial charge in [-0.3, -0.25) is 14.7 Å². The molecule has 0 bridgehead atoms. The van der Waals surface area contributed by atoms with Crippen molar-refractivity contribution in [2.45, 2.75) is 12.5 Å². The smallest absolute Gasteiger partial charge is 0.250 e. The van der Waals surface area contributed by atoms with Crippen molar-refractivity contribution in [2.75, 3.05) is 11.4 Å². The lowest BCUT2D eigenvalue weighted by atomic mass is 9.74. The Labute approximate surface area is 242 Å². The van der Waals surface area contributed by atoms with Crippen LogP contribution in [0.15, 0.2) is 126 Å². The van der Waals surface area contributed by atoms with Gasteiger partial charge in [0.2, 0.25) is 5.91 Å². The van der Waals surface area contributed by atoms with E-state index >= 15 is 8.78 Å². The summed E-state index contributed by atoms with van der Waals surface area (Å²) in [7, 11) is 0. The maximum absolute atomic E-state index is 15.3.